The number of rotatable bonds is 5. The highest BCUT2D eigenvalue weighted by Crippen LogP contribution is 2.27. The van der Waals surface area contributed by atoms with E-state index in [9.17, 15) is 9.59 Å². The number of amides is 1. The molecule has 0 aliphatic heterocycles. The molecule has 1 aliphatic carbocycles. The predicted octanol–water partition coefficient (Wildman–Crippen LogP) is 3.10. The molecule has 1 aliphatic rings. The molecule has 1 aromatic carbocycles. The first kappa shape index (κ1) is 16.3. The first-order valence-electron chi connectivity index (χ1n) is 8.19. The lowest BCUT2D eigenvalue weighted by Gasteiger charge is -2.24. The van der Waals surface area contributed by atoms with E-state index in [1.807, 2.05) is 6.07 Å². The molecule has 2 N–H and O–H groups in total. The molecule has 2 aromatic rings. The van der Waals surface area contributed by atoms with Crippen LogP contribution in [0.15, 0.2) is 34.7 Å². The van der Waals surface area contributed by atoms with Gasteiger partial charge in [0.05, 0.1) is 6.54 Å². The summed E-state index contributed by atoms with van der Waals surface area (Å²) in [5.74, 6) is 0.135. The minimum Gasteiger partial charge on any atom is -0.478 e. The van der Waals surface area contributed by atoms with Gasteiger partial charge in [-0.1, -0.05) is 24.3 Å². The normalized spacial score (nSPS) is 16.5. The van der Waals surface area contributed by atoms with Gasteiger partial charge in [0.2, 0.25) is 5.91 Å². The van der Waals surface area contributed by atoms with Crippen molar-refractivity contribution in [3.63, 3.8) is 0 Å². The van der Waals surface area contributed by atoms with Crippen LogP contribution in [-0.2, 0) is 24.2 Å². The number of carboxylic acids is 1. The average molecular weight is 327 g/mol. The highest BCUT2D eigenvalue weighted by atomic mass is 16.4. The second-order valence-corrected chi connectivity index (χ2v) is 6.35. The zero-order valence-corrected chi connectivity index (χ0v) is 13.7. The zero-order chi connectivity index (χ0) is 17.1. The smallest absolute Gasteiger partial charge is 0.339 e. The number of aryl methyl sites for hydroxylation is 2. The Bertz CT molecular complexity index is 762. The third kappa shape index (κ3) is 3.67. The molecule has 126 valence electrons. The van der Waals surface area contributed by atoms with Crippen LogP contribution in [0.1, 0.15) is 45.8 Å². The third-order valence-electron chi connectivity index (χ3n) is 4.58. The molecule has 1 atom stereocenters. The van der Waals surface area contributed by atoms with Crippen LogP contribution in [0.3, 0.4) is 0 Å². The number of carboxylic acid groups (broad SMARTS) is 1. The van der Waals surface area contributed by atoms with E-state index < -0.39 is 5.97 Å². The van der Waals surface area contributed by atoms with Crippen molar-refractivity contribution in [3.8, 4) is 0 Å². The molecule has 5 nitrogen and oxygen atoms in total. The van der Waals surface area contributed by atoms with Crippen molar-refractivity contribution in [2.24, 2.45) is 5.92 Å². The summed E-state index contributed by atoms with van der Waals surface area (Å²) in [7, 11) is 0. The van der Waals surface area contributed by atoms with Crippen LogP contribution in [0.25, 0.3) is 0 Å². The SMILES string of the molecule is Cc1oc(CNC(=O)CC2CCc3ccccc3C2)cc1C(=O)O. The van der Waals surface area contributed by atoms with Crippen LogP contribution in [0.4, 0.5) is 0 Å². The van der Waals surface area contributed by atoms with Crippen molar-refractivity contribution in [2.75, 3.05) is 0 Å². The third-order valence-corrected chi connectivity index (χ3v) is 4.58. The number of carbonyl (C=O) groups is 2. The molecule has 0 spiro atoms. The van der Waals surface area contributed by atoms with Crippen LogP contribution in [-0.4, -0.2) is 17.0 Å². The van der Waals surface area contributed by atoms with Gasteiger partial charge in [-0.3, -0.25) is 4.79 Å². The van der Waals surface area contributed by atoms with Crippen molar-refractivity contribution in [3.05, 3.63) is 58.5 Å². The topological polar surface area (TPSA) is 79.5 Å². The average Bonchev–Trinajstić information content (AvgIpc) is 2.94. The van der Waals surface area contributed by atoms with Gasteiger partial charge in [0.1, 0.15) is 17.1 Å². The van der Waals surface area contributed by atoms with Crippen LogP contribution in [0, 0.1) is 12.8 Å². The van der Waals surface area contributed by atoms with Crippen molar-refractivity contribution in [1.82, 2.24) is 5.32 Å². The van der Waals surface area contributed by atoms with Gasteiger partial charge < -0.3 is 14.8 Å². The number of hydrogen-bond donors (Lipinski definition) is 2. The largest absolute Gasteiger partial charge is 0.478 e. The molecule has 24 heavy (non-hydrogen) atoms. The fraction of sp³-hybridized carbons (Fsp3) is 0.368. The van der Waals surface area contributed by atoms with E-state index in [0.717, 1.165) is 19.3 Å². The number of benzene rings is 1. The molecular weight excluding hydrogens is 306 g/mol. The van der Waals surface area contributed by atoms with Crippen molar-refractivity contribution >= 4 is 11.9 Å². The van der Waals surface area contributed by atoms with E-state index in [1.54, 1.807) is 6.92 Å². The van der Waals surface area contributed by atoms with Gasteiger partial charge in [-0.15, -0.1) is 0 Å². The Kier molecular flexibility index (Phi) is 4.69. The summed E-state index contributed by atoms with van der Waals surface area (Å²) in [4.78, 5) is 23.1. The Balaban J connectivity index is 1.52. The van der Waals surface area contributed by atoms with E-state index in [-0.39, 0.29) is 18.0 Å². The maximum atomic E-state index is 12.2. The number of nitrogens with one attached hydrogen (secondary N) is 1. The molecule has 0 radical (unpaired) electrons. The molecule has 1 aromatic heterocycles. The minimum atomic E-state index is -1.02. The van der Waals surface area contributed by atoms with Gasteiger partial charge in [0, 0.05) is 6.42 Å². The molecule has 3 rings (SSSR count). The standard InChI is InChI=1S/C19H21NO4/c1-12-17(19(22)23)10-16(24-12)11-20-18(21)9-13-6-7-14-4-2-3-5-15(14)8-13/h2-5,10,13H,6-9,11H2,1H3,(H,20,21)(H,22,23). The Hall–Kier alpha value is -2.56. The summed E-state index contributed by atoms with van der Waals surface area (Å²) in [5, 5.41) is 11.8. The molecule has 0 saturated heterocycles. The van der Waals surface area contributed by atoms with E-state index in [1.165, 1.54) is 17.2 Å². The molecule has 1 amide bonds. The van der Waals surface area contributed by atoms with E-state index in [2.05, 4.69) is 23.5 Å². The lowest BCUT2D eigenvalue weighted by atomic mass is 9.82. The quantitative estimate of drug-likeness (QED) is 0.884. The van der Waals surface area contributed by atoms with Crippen LogP contribution in [0.2, 0.25) is 0 Å². The highest BCUT2D eigenvalue weighted by Gasteiger charge is 2.21. The predicted molar refractivity (Wildman–Crippen MR) is 88.8 cm³/mol. The van der Waals surface area contributed by atoms with E-state index in [0.29, 0.717) is 23.9 Å². The maximum Gasteiger partial charge on any atom is 0.339 e. The molecule has 1 heterocycles. The van der Waals surface area contributed by atoms with Crippen LogP contribution < -0.4 is 5.32 Å². The summed E-state index contributed by atoms with van der Waals surface area (Å²) in [5.41, 5.74) is 2.87. The van der Waals surface area contributed by atoms with Crippen molar-refractivity contribution in [2.45, 2.75) is 39.2 Å². The number of carbonyl (C=O) groups excluding carboxylic acids is 1. The fourth-order valence-corrected chi connectivity index (χ4v) is 3.31. The first-order chi connectivity index (χ1) is 11.5. The summed E-state index contributed by atoms with van der Waals surface area (Å²) in [6.45, 7) is 1.82. The van der Waals surface area contributed by atoms with Gasteiger partial charge >= 0.3 is 5.97 Å². The Labute approximate surface area is 140 Å². The summed E-state index contributed by atoms with van der Waals surface area (Å²) in [6, 6.07) is 9.86. The zero-order valence-electron chi connectivity index (χ0n) is 13.7. The molecular formula is C19H21NO4. The number of furan rings is 1. The lowest BCUT2D eigenvalue weighted by molar-refractivity contribution is -0.122. The number of hydrogen-bond acceptors (Lipinski definition) is 3. The number of aromatic carboxylic acids is 1. The van der Waals surface area contributed by atoms with E-state index >= 15 is 0 Å². The van der Waals surface area contributed by atoms with Crippen LogP contribution in [0.5, 0.6) is 0 Å². The molecule has 0 fully saturated rings. The Morgan fingerprint density at radius 1 is 1.29 bits per heavy atom. The van der Waals surface area contributed by atoms with Gasteiger partial charge in [0.25, 0.3) is 0 Å². The van der Waals surface area contributed by atoms with Gasteiger partial charge in [0.15, 0.2) is 0 Å². The second-order valence-electron chi connectivity index (χ2n) is 6.35. The fourth-order valence-electron chi connectivity index (χ4n) is 3.31. The Morgan fingerprint density at radius 2 is 2.04 bits per heavy atom. The molecule has 0 saturated carbocycles. The summed E-state index contributed by atoms with van der Waals surface area (Å²) in [6.07, 6.45) is 3.47. The maximum absolute atomic E-state index is 12.2. The minimum absolute atomic E-state index is 0.0229. The van der Waals surface area contributed by atoms with E-state index in [4.69, 9.17) is 9.52 Å². The summed E-state index contributed by atoms with van der Waals surface area (Å²) < 4.78 is 5.37. The van der Waals surface area contributed by atoms with Gasteiger partial charge in [-0.05, 0) is 49.3 Å². The Morgan fingerprint density at radius 3 is 2.75 bits per heavy atom. The highest BCUT2D eigenvalue weighted by molar-refractivity contribution is 5.88. The van der Waals surface area contributed by atoms with Crippen LogP contribution >= 0.6 is 0 Å². The van der Waals surface area contributed by atoms with Gasteiger partial charge in [-0.2, -0.15) is 0 Å². The second kappa shape index (κ2) is 6.91. The molecule has 5 heteroatoms. The first-order valence-corrected chi connectivity index (χ1v) is 8.19. The lowest BCUT2D eigenvalue weighted by Crippen LogP contribution is -2.27. The summed E-state index contributed by atoms with van der Waals surface area (Å²) >= 11 is 0. The number of fused-ring (bicyclic) bond motifs is 1. The molecule has 1 unspecified atom stereocenters. The van der Waals surface area contributed by atoms with Gasteiger partial charge in [-0.25, -0.2) is 4.79 Å². The van der Waals surface area contributed by atoms with Crippen molar-refractivity contribution < 1.29 is 19.1 Å². The molecule has 0 bridgehead atoms. The van der Waals surface area contributed by atoms with Crippen molar-refractivity contribution in [1.29, 1.82) is 0 Å². The monoisotopic (exact) mass is 327 g/mol.